The molecular weight excluding hydrogens is 322 g/mol. The predicted molar refractivity (Wildman–Crippen MR) is 82.5 cm³/mol. The summed E-state index contributed by atoms with van der Waals surface area (Å²) in [5.41, 5.74) is 0.398. The average molecular weight is 343 g/mol. The molecule has 0 unspecified atom stereocenters. The van der Waals surface area contributed by atoms with Crippen LogP contribution in [0.3, 0.4) is 0 Å². The van der Waals surface area contributed by atoms with Gasteiger partial charge < -0.3 is 14.6 Å². The average Bonchev–Trinajstić information content (AvgIpc) is 3.18. The van der Waals surface area contributed by atoms with Crippen LogP contribution in [0.25, 0.3) is 0 Å². The number of oxime groups is 1. The monoisotopic (exact) mass is 343 g/mol. The Bertz CT molecular complexity index is 639. The second kappa shape index (κ2) is 6.10. The zero-order valence-electron chi connectivity index (χ0n) is 13.1. The second-order valence-corrected chi connectivity index (χ2v) is 8.66. The van der Waals surface area contributed by atoms with Gasteiger partial charge in [0.05, 0.1) is 18.2 Å². The fourth-order valence-electron chi connectivity index (χ4n) is 3.25. The van der Waals surface area contributed by atoms with Crippen LogP contribution in [0, 0.1) is 5.92 Å². The molecule has 0 saturated carbocycles. The number of amides is 2. The molecule has 3 aliphatic rings. The fourth-order valence-corrected chi connectivity index (χ4v) is 3.80. The van der Waals surface area contributed by atoms with Crippen molar-refractivity contribution in [1.82, 2.24) is 9.80 Å². The lowest BCUT2D eigenvalue weighted by Crippen LogP contribution is -2.39. The number of fused-ring (bicyclic) bond motifs is 1. The van der Waals surface area contributed by atoms with Crippen molar-refractivity contribution in [3.05, 3.63) is 0 Å². The normalized spacial score (nSPS) is 26.9. The smallest absolute Gasteiger partial charge is 0.272 e. The summed E-state index contributed by atoms with van der Waals surface area (Å²) in [4.78, 5) is 33.3. The number of hydrogen-bond acceptors (Lipinski definition) is 6. The standard InChI is InChI=1S/C14H21N3O5S/c1-23(20,21)7-4-12(18)17-8-10-11(9-17)22-15-13(10)14(19)16-5-2-3-6-16/h10-11H,2-9H2,1H3/t10-,11+/m0/s1. The molecule has 2 amide bonds. The van der Waals surface area contributed by atoms with E-state index in [4.69, 9.17) is 4.84 Å². The van der Waals surface area contributed by atoms with E-state index < -0.39 is 9.84 Å². The van der Waals surface area contributed by atoms with E-state index >= 15 is 0 Å². The van der Waals surface area contributed by atoms with Crippen LogP contribution in [0.5, 0.6) is 0 Å². The highest BCUT2D eigenvalue weighted by Crippen LogP contribution is 2.29. The number of sulfone groups is 1. The molecule has 0 aromatic heterocycles. The van der Waals surface area contributed by atoms with Crippen LogP contribution >= 0.6 is 0 Å². The van der Waals surface area contributed by atoms with Gasteiger partial charge in [-0.15, -0.1) is 0 Å². The molecule has 2 atom stereocenters. The van der Waals surface area contributed by atoms with E-state index in [1.54, 1.807) is 9.80 Å². The zero-order valence-corrected chi connectivity index (χ0v) is 13.9. The molecule has 8 nitrogen and oxygen atoms in total. The number of hydrogen-bond donors (Lipinski definition) is 0. The van der Waals surface area contributed by atoms with E-state index in [2.05, 4.69) is 5.16 Å². The number of rotatable bonds is 4. The van der Waals surface area contributed by atoms with Crippen molar-refractivity contribution in [2.24, 2.45) is 11.1 Å². The molecule has 3 rings (SSSR count). The van der Waals surface area contributed by atoms with E-state index in [0.29, 0.717) is 18.8 Å². The van der Waals surface area contributed by atoms with Crippen molar-refractivity contribution >= 4 is 27.4 Å². The predicted octanol–water partition coefficient (Wildman–Crippen LogP) is -0.743. The minimum atomic E-state index is -3.17. The Morgan fingerprint density at radius 1 is 1.22 bits per heavy atom. The topological polar surface area (TPSA) is 96.4 Å². The van der Waals surface area contributed by atoms with Gasteiger partial charge in [0, 0.05) is 32.3 Å². The lowest BCUT2D eigenvalue weighted by Gasteiger charge is -2.18. The van der Waals surface area contributed by atoms with Gasteiger partial charge in [-0.2, -0.15) is 0 Å². The van der Waals surface area contributed by atoms with Crippen molar-refractivity contribution in [3.8, 4) is 0 Å². The molecule has 0 aliphatic carbocycles. The summed E-state index contributed by atoms with van der Waals surface area (Å²) in [5, 5.41) is 3.94. The molecule has 0 bridgehead atoms. The summed E-state index contributed by atoms with van der Waals surface area (Å²) < 4.78 is 22.3. The maximum Gasteiger partial charge on any atom is 0.272 e. The summed E-state index contributed by atoms with van der Waals surface area (Å²) in [5.74, 6) is -0.682. The van der Waals surface area contributed by atoms with E-state index in [9.17, 15) is 18.0 Å². The Hall–Kier alpha value is -1.64. The molecule has 3 aliphatic heterocycles. The largest absolute Gasteiger partial charge is 0.389 e. The Morgan fingerprint density at radius 3 is 2.57 bits per heavy atom. The third-order valence-corrected chi connectivity index (χ3v) is 5.50. The van der Waals surface area contributed by atoms with Crippen molar-refractivity contribution in [3.63, 3.8) is 0 Å². The Labute approximate surface area is 135 Å². The number of carbonyl (C=O) groups excluding carboxylic acids is 2. The third kappa shape index (κ3) is 3.49. The second-order valence-electron chi connectivity index (χ2n) is 6.40. The summed E-state index contributed by atoms with van der Waals surface area (Å²) in [6, 6.07) is 0. The maximum absolute atomic E-state index is 12.5. The van der Waals surface area contributed by atoms with E-state index in [1.165, 1.54) is 0 Å². The lowest BCUT2D eigenvalue weighted by molar-refractivity contribution is -0.130. The molecular formula is C14H21N3O5S. The van der Waals surface area contributed by atoms with Crippen molar-refractivity contribution in [1.29, 1.82) is 0 Å². The first-order valence-corrected chi connectivity index (χ1v) is 9.90. The van der Waals surface area contributed by atoms with Crippen LogP contribution in [0.1, 0.15) is 19.3 Å². The van der Waals surface area contributed by atoms with Crippen LogP contribution < -0.4 is 0 Å². The number of likely N-dealkylation sites (tertiary alicyclic amines) is 2. The van der Waals surface area contributed by atoms with Gasteiger partial charge in [0.25, 0.3) is 5.91 Å². The van der Waals surface area contributed by atoms with Crippen LogP contribution in [0.15, 0.2) is 5.16 Å². The van der Waals surface area contributed by atoms with Gasteiger partial charge in [-0.05, 0) is 12.8 Å². The zero-order chi connectivity index (χ0) is 16.6. The van der Waals surface area contributed by atoms with Gasteiger partial charge in [0.2, 0.25) is 5.91 Å². The van der Waals surface area contributed by atoms with Gasteiger partial charge in [-0.25, -0.2) is 8.42 Å². The first kappa shape index (κ1) is 16.2. The maximum atomic E-state index is 12.5. The third-order valence-electron chi connectivity index (χ3n) is 4.56. The Kier molecular flexibility index (Phi) is 4.31. The van der Waals surface area contributed by atoms with Crippen molar-refractivity contribution in [2.45, 2.75) is 25.4 Å². The summed E-state index contributed by atoms with van der Waals surface area (Å²) in [7, 11) is -3.17. The molecule has 0 aromatic carbocycles. The highest BCUT2D eigenvalue weighted by molar-refractivity contribution is 7.90. The molecule has 2 saturated heterocycles. The molecule has 0 radical (unpaired) electrons. The summed E-state index contributed by atoms with van der Waals surface area (Å²) in [6.07, 6.45) is 2.79. The minimum Gasteiger partial charge on any atom is -0.389 e. The number of carbonyl (C=O) groups is 2. The number of nitrogens with zero attached hydrogens (tertiary/aromatic N) is 3. The summed E-state index contributed by atoms with van der Waals surface area (Å²) >= 11 is 0. The molecule has 128 valence electrons. The van der Waals surface area contributed by atoms with Crippen LogP contribution in [0.4, 0.5) is 0 Å². The van der Waals surface area contributed by atoms with E-state index in [1.807, 2.05) is 0 Å². The van der Waals surface area contributed by atoms with Crippen molar-refractivity contribution in [2.75, 3.05) is 38.2 Å². The molecule has 0 aromatic rings. The van der Waals surface area contributed by atoms with Gasteiger partial charge >= 0.3 is 0 Å². The minimum absolute atomic E-state index is 0.0369. The Balaban J connectivity index is 1.59. The van der Waals surface area contributed by atoms with Gasteiger partial charge in [-0.3, -0.25) is 9.59 Å². The highest BCUT2D eigenvalue weighted by Gasteiger charge is 2.47. The lowest BCUT2D eigenvalue weighted by atomic mass is 10.00. The quantitative estimate of drug-likeness (QED) is 0.670. The SMILES string of the molecule is CS(=O)(=O)CCC(=O)N1C[C@@H]2C(C(=O)N3CCCC3)=NO[C@@H]2C1. The fraction of sp³-hybridized carbons (Fsp3) is 0.786. The molecule has 0 spiro atoms. The van der Waals surface area contributed by atoms with Gasteiger partial charge in [0.1, 0.15) is 9.84 Å². The molecule has 9 heteroatoms. The first-order chi connectivity index (χ1) is 10.8. The Morgan fingerprint density at radius 2 is 1.91 bits per heavy atom. The first-order valence-electron chi connectivity index (χ1n) is 7.83. The van der Waals surface area contributed by atoms with Crippen LogP contribution in [-0.2, 0) is 24.3 Å². The van der Waals surface area contributed by atoms with Gasteiger partial charge in [-0.1, -0.05) is 5.16 Å². The molecule has 3 heterocycles. The van der Waals surface area contributed by atoms with Crippen LogP contribution in [0.2, 0.25) is 0 Å². The highest BCUT2D eigenvalue weighted by atomic mass is 32.2. The molecule has 2 fully saturated rings. The van der Waals surface area contributed by atoms with E-state index in [0.717, 1.165) is 32.2 Å². The van der Waals surface area contributed by atoms with Gasteiger partial charge in [0.15, 0.2) is 11.8 Å². The molecule has 0 N–H and O–H groups in total. The van der Waals surface area contributed by atoms with Crippen molar-refractivity contribution < 1.29 is 22.8 Å². The van der Waals surface area contributed by atoms with E-state index in [-0.39, 0.29) is 36.0 Å². The molecule has 23 heavy (non-hydrogen) atoms. The summed E-state index contributed by atoms with van der Waals surface area (Å²) in [6.45, 7) is 2.21. The van der Waals surface area contributed by atoms with Crippen LogP contribution in [-0.4, -0.2) is 80.0 Å².